The number of amides is 2. The zero-order valence-electron chi connectivity index (χ0n) is 19.0. The molecule has 0 saturated carbocycles. The zero-order valence-corrected chi connectivity index (χ0v) is 19.8. The summed E-state index contributed by atoms with van der Waals surface area (Å²) in [6, 6.07) is 24.4. The van der Waals surface area contributed by atoms with Gasteiger partial charge in [-0.2, -0.15) is 5.10 Å². The number of carbonyl (C=O) groups is 2. The lowest BCUT2D eigenvalue weighted by atomic mass is 10.1. The van der Waals surface area contributed by atoms with E-state index in [0.717, 1.165) is 22.5 Å². The predicted octanol–water partition coefficient (Wildman–Crippen LogP) is 4.94. The summed E-state index contributed by atoms with van der Waals surface area (Å²) >= 11 is 6.08. The highest BCUT2D eigenvalue weighted by molar-refractivity contribution is 6.30. The second-order valence-electron chi connectivity index (χ2n) is 8.34. The van der Waals surface area contributed by atoms with Crippen molar-refractivity contribution in [1.82, 2.24) is 14.7 Å². The molecule has 2 amide bonds. The van der Waals surface area contributed by atoms with Crippen LogP contribution in [0.1, 0.15) is 12.0 Å². The molecule has 35 heavy (non-hydrogen) atoms. The molecule has 0 bridgehead atoms. The van der Waals surface area contributed by atoms with E-state index < -0.39 is 6.10 Å². The van der Waals surface area contributed by atoms with E-state index in [0.29, 0.717) is 23.0 Å². The van der Waals surface area contributed by atoms with Crippen molar-refractivity contribution in [1.29, 1.82) is 0 Å². The van der Waals surface area contributed by atoms with E-state index in [1.807, 2.05) is 72.9 Å². The van der Waals surface area contributed by atoms with Gasteiger partial charge in [-0.25, -0.2) is 4.68 Å². The normalized spacial score (nSPS) is 14.6. The van der Waals surface area contributed by atoms with Gasteiger partial charge in [0.25, 0.3) is 5.91 Å². The van der Waals surface area contributed by atoms with Crippen LogP contribution < -0.4 is 10.1 Å². The first kappa shape index (κ1) is 22.7. The highest BCUT2D eigenvalue weighted by Crippen LogP contribution is 2.30. The summed E-state index contributed by atoms with van der Waals surface area (Å²) in [6.45, 7) is 0.314. The van der Waals surface area contributed by atoms with E-state index in [1.165, 1.54) is 0 Å². The molecule has 1 aliphatic rings. The number of benzene rings is 3. The van der Waals surface area contributed by atoms with Crippen LogP contribution in [0.3, 0.4) is 0 Å². The number of nitrogens with one attached hydrogen (secondary N) is 1. The fourth-order valence-corrected chi connectivity index (χ4v) is 4.10. The number of ether oxygens (including phenoxy) is 1. The van der Waals surface area contributed by atoms with Gasteiger partial charge < -0.3 is 15.0 Å². The molecule has 5 rings (SSSR count). The molecule has 1 unspecified atom stereocenters. The van der Waals surface area contributed by atoms with Crippen molar-refractivity contribution >= 4 is 29.1 Å². The number of halogens is 1. The molecule has 1 aliphatic heterocycles. The molecule has 1 aromatic heterocycles. The van der Waals surface area contributed by atoms with Crippen LogP contribution in [-0.2, 0) is 16.1 Å². The Labute approximate surface area is 207 Å². The third-order valence-corrected chi connectivity index (χ3v) is 6.08. The van der Waals surface area contributed by atoms with Crippen molar-refractivity contribution < 1.29 is 14.3 Å². The lowest BCUT2D eigenvalue weighted by Gasteiger charge is -2.27. The minimum atomic E-state index is -0.886. The molecule has 1 atom stereocenters. The number of nitrogens with zero attached hydrogens (tertiary/aromatic N) is 3. The van der Waals surface area contributed by atoms with Crippen LogP contribution in [0.4, 0.5) is 5.69 Å². The highest BCUT2D eigenvalue weighted by Gasteiger charge is 2.30. The van der Waals surface area contributed by atoms with Crippen LogP contribution in [0.2, 0.25) is 5.02 Å². The Kier molecular flexibility index (Phi) is 6.25. The average Bonchev–Trinajstić information content (AvgIpc) is 3.29. The molecule has 3 aromatic carbocycles. The Morgan fingerprint density at radius 2 is 1.77 bits per heavy atom. The third-order valence-electron chi connectivity index (χ3n) is 5.83. The van der Waals surface area contributed by atoms with Crippen LogP contribution in [-0.4, -0.2) is 39.6 Å². The number of anilines is 1. The molecule has 1 N–H and O–H groups in total. The second kappa shape index (κ2) is 9.64. The first-order chi connectivity index (χ1) is 17.0. The Morgan fingerprint density at radius 3 is 2.54 bits per heavy atom. The standard InChI is InChI=1S/C27H23ClN4O3/c1-31(25(33)15-24-27(34)29-22-9-5-6-10-23(22)35-24)16-19-17-32(21-7-3-2-4-8-21)30-26(19)18-11-13-20(28)14-12-18/h2-14,17,24H,15-16H2,1H3,(H,29,34). The third kappa shape index (κ3) is 4.90. The van der Waals surface area contributed by atoms with Gasteiger partial charge in [-0.05, 0) is 36.4 Å². The molecule has 0 spiro atoms. The van der Waals surface area contributed by atoms with Crippen LogP contribution in [0.15, 0.2) is 85.1 Å². The van der Waals surface area contributed by atoms with Crippen molar-refractivity contribution in [2.45, 2.75) is 19.1 Å². The van der Waals surface area contributed by atoms with E-state index in [9.17, 15) is 9.59 Å². The molecule has 7 nitrogen and oxygen atoms in total. The molecule has 0 fully saturated rings. The summed E-state index contributed by atoms with van der Waals surface area (Å²) in [5.41, 5.74) is 4.04. The molecule has 4 aromatic rings. The molecule has 0 saturated heterocycles. The summed E-state index contributed by atoms with van der Waals surface area (Å²) in [6.07, 6.45) is 0.964. The minimum Gasteiger partial charge on any atom is -0.478 e. The van der Waals surface area contributed by atoms with E-state index >= 15 is 0 Å². The van der Waals surface area contributed by atoms with Crippen molar-refractivity contribution in [2.24, 2.45) is 0 Å². The van der Waals surface area contributed by atoms with Crippen molar-refractivity contribution in [3.05, 3.63) is 95.6 Å². The van der Waals surface area contributed by atoms with Gasteiger partial charge in [-0.3, -0.25) is 9.59 Å². The molecular formula is C27H23ClN4O3. The van der Waals surface area contributed by atoms with Crippen LogP contribution in [0, 0.1) is 0 Å². The molecule has 2 heterocycles. The van der Waals surface area contributed by atoms with E-state index in [1.54, 1.807) is 28.8 Å². The van der Waals surface area contributed by atoms with Crippen molar-refractivity contribution in [3.8, 4) is 22.7 Å². The molecular weight excluding hydrogens is 464 g/mol. The Balaban J connectivity index is 1.36. The number of aromatic nitrogens is 2. The summed E-state index contributed by atoms with van der Waals surface area (Å²) in [5.74, 6) is 0.0185. The number of carbonyl (C=O) groups excluding carboxylic acids is 2. The lowest BCUT2D eigenvalue weighted by molar-refractivity contribution is -0.136. The SMILES string of the molecule is CN(Cc1cn(-c2ccccc2)nc1-c1ccc(Cl)cc1)C(=O)CC1Oc2ccccc2NC1=O. The van der Waals surface area contributed by atoms with Crippen LogP contribution in [0.25, 0.3) is 16.9 Å². The summed E-state index contributed by atoms with van der Waals surface area (Å²) in [5, 5.41) is 8.23. The number of para-hydroxylation sites is 3. The van der Waals surface area contributed by atoms with Gasteiger partial charge in [0.05, 0.1) is 23.5 Å². The molecule has 8 heteroatoms. The smallest absolute Gasteiger partial charge is 0.266 e. The fraction of sp³-hybridized carbons (Fsp3) is 0.148. The van der Waals surface area contributed by atoms with E-state index in [2.05, 4.69) is 5.32 Å². The number of hydrogen-bond donors (Lipinski definition) is 1. The monoisotopic (exact) mass is 486 g/mol. The first-order valence-electron chi connectivity index (χ1n) is 11.2. The van der Waals surface area contributed by atoms with Gasteiger partial charge in [0.15, 0.2) is 6.10 Å². The summed E-state index contributed by atoms with van der Waals surface area (Å²) in [4.78, 5) is 27.1. The Morgan fingerprint density at radius 1 is 1.06 bits per heavy atom. The maximum atomic E-state index is 13.1. The van der Waals surface area contributed by atoms with Gasteiger partial charge in [0.2, 0.25) is 5.91 Å². The predicted molar refractivity (Wildman–Crippen MR) is 135 cm³/mol. The van der Waals surface area contributed by atoms with Gasteiger partial charge >= 0.3 is 0 Å². The molecule has 0 aliphatic carbocycles. The molecule has 0 radical (unpaired) electrons. The summed E-state index contributed by atoms with van der Waals surface area (Å²) < 4.78 is 7.59. The Bertz CT molecular complexity index is 1370. The van der Waals surface area contributed by atoms with Gasteiger partial charge in [0.1, 0.15) is 5.75 Å². The van der Waals surface area contributed by atoms with Crippen molar-refractivity contribution in [2.75, 3.05) is 12.4 Å². The largest absolute Gasteiger partial charge is 0.478 e. The van der Waals surface area contributed by atoms with Crippen LogP contribution in [0.5, 0.6) is 5.75 Å². The second-order valence-corrected chi connectivity index (χ2v) is 8.77. The maximum absolute atomic E-state index is 13.1. The fourth-order valence-electron chi connectivity index (χ4n) is 3.97. The first-order valence-corrected chi connectivity index (χ1v) is 11.6. The maximum Gasteiger partial charge on any atom is 0.266 e. The molecule has 176 valence electrons. The summed E-state index contributed by atoms with van der Waals surface area (Å²) in [7, 11) is 1.71. The zero-order chi connectivity index (χ0) is 24.4. The van der Waals surface area contributed by atoms with E-state index in [-0.39, 0.29) is 18.2 Å². The van der Waals surface area contributed by atoms with Gasteiger partial charge in [0, 0.05) is 35.9 Å². The van der Waals surface area contributed by atoms with Gasteiger partial charge in [-0.1, -0.05) is 54.1 Å². The minimum absolute atomic E-state index is 0.0697. The average molecular weight is 487 g/mol. The number of hydrogen-bond acceptors (Lipinski definition) is 4. The highest BCUT2D eigenvalue weighted by atomic mass is 35.5. The van der Waals surface area contributed by atoms with Crippen LogP contribution >= 0.6 is 11.6 Å². The topological polar surface area (TPSA) is 76.5 Å². The van der Waals surface area contributed by atoms with Gasteiger partial charge in [-0.15, -0.1) is 0 Å². The lowest BCUT2D eigenvalue weighted by Crippen LogP contribution is -2.41. The Hall–Kier alpha value is -4.10. The van der Waals surface area contributed by atoms with Crippen molar-refractivity contribution in [3.63, 3.8) is 0 Å². The number of rotatable bonds is 6. The van der Waals surface area contributed by atoms with E-state index in [4.69, 9.17) is 21.4 Å². The number of fused-ring (bicyclic) bond motifs is 1. The quantitative estimate of drug-likeness (QED) is 0.419.